The largest absolute Gasteiger partial charge is 0.310 e. The summed E-state index contributed by atoms with van der Waals surface area (Å²) in [5.41, 5.74) is 3.76. The van der Waals surface area contributed by atoms with Crippen LogP contribution in [0.4, 0.5) is 5.82 Å². The van der Waals surface area contributed by atoms with Crippen LogP contribution in [-0.2, 0) is 17.6 Å². The highest BCUT2D eigenvalue weighted by Gasteiger charge is 2.24. The highest BCUT2D eigenvalue weighted by atomic mass is 16.2. The van der Waals surface area contributed by atoms with Crippen molar-refractivity contribution in [1.29, 1.82) is 0 Å². The maximum Gasteiger partial charge on any atom is 0.230 e. The van der Waals surface area contributed by atoms with E-state index in [2.05, 4.69) is 17.4 Å². The van der Waals surface area contributed by atoms with Gasteiger partial charge in [0.05, 0.1) is 5.69 Å². The van der Waals surface area contributed by atoms with Gasteiger partial charge < -0.3 is 5.32 Å². The van der Waals surface area contributed by atoms with Gasteiger partial charge in [0.15, 0.2) is 0 Å². The standard InChI is InChI=1S/C21H25N3O/c1-15-12-13-24-18(14-15)22-17(11-10-16-8-6-5-7-9-16)19(24)23-20(25)21(2,3)4/h5-9,12-14H,10-11H2,1-4H3,(H,23,25). The van der Waals surface area contributed by atoms with Gasteiger partial charge in [0.2, 0.25) is 5.91 Å². The van der Waals surface area contributed by atoms with Crippen LogP contribution in [0.2, 0.25) is 0 Å². The number of rotatable bonds is 4. The average Bonchev–Trinajstić information content (AvgIpc) is 2.89. The smallest absolute Gasteiger partial charge is 0.230 e. The summed E-state index contributed by atoms with van der Waals surface area (Å²) in [4.78, 5) is 17.3. The summed E-state index contributed by atoms with van der Waals surface area (Å²) in [6.45, 7) is 7.80. The first-order valence-electron chi connectivity index (χ1n) is 8.67. The van der Waals surface area contributed by atoms with Crippen LogP contribution in [0, 0.1) is 12.3 Å². The zero-order chi connectivity index (χ0) is 18.0. The van der Waals surface area contributed by atoms with Gasteiger partial charge in [-0.05, 0) is 43.0 Å². The molecular formula is C21H25N3O. The summed E-state index contributed by atoms with van der Waals surface area (Å²) >= 11 is 0. The molecule has 0 aliphatic carbocycles. The monoisotopic (exact) mass is 335 g/mol. The second-order valence-corrected chi connectivity index (χ2v) is 7.53. The fourth-order valence-corrected chi connectivity index (χ4v) is 2.70. The zero-order valence-electron chi connectivity index (χ0n) is 15.3. The quantitative estimate of drug-likeness (QED) is 0.767. The number of nitrogens with one attached hydrogen (secondary N) is 1. The number of fused-ring (bicyclic) bond motifs is 1. The predicted octanol–water partition coefficient (Wildman–Crippen LogP) is 4.41. The molecule has 2 heterocycles. The van der Waals surface area contributed by atoms with Gasteiger partial charge in [-0.2, -0.15) is 0 Å². The van der Waals surface area contributed by atoms with Crippen LogP contribution < -0.4 is 5.32 Å². The summed E-state index contributed by atoms with van der Waals surface area (Å²) in [6.07, 6.45) is 3.65. The Morgan fingerprint density at radius 2 is 1.84 bits per heavy atom. The minimum atomic E-state index is -0.453. The molecule has 0 radical (unpaired) electrons. The topological polar surface area (TPSA) is 46.4 Å². The SMILES string of the molecule is Cc1ccn2c(NC(=O)C(C)(C)C)c(CCc3ccccc3)nc2c1. The fraction of sp³-hybridized carbons (Fsp3) is 0.333. The molecular weight excluding hydrogens is 310 g/mol. The Morgan fingerprint density at radius 1 is 1.12 bits per heavy atom. The molecule has 0 saturated heterocycles. The van der Waals surface area contributed by atoms with Crippen molar-refractivity contribution >= 4 is 17.4 Å². The van der Waals surface area contributed by atoms with Crippen molar-refractivity contribution in [1.82, 2.24) is 9.38 Å². The van der Waals surface area contributed by atoms with E-state index in [1.165, 1.54) is 5.56 Å². The second-order valence-electron chi connectivity index (χ2n) is 7.53. The molecule has 0 aliphatic rings. The molecule has 4 heteroatoms. The molecule has 0 bridgehead atoms. The number of aromatic nitrogens is 2. The van der Waals surface area contributed by atoms with Crippen LogP contribution in [0.15, 0.2) is 48.7 Å². The third-order valence-electron chi connectivity index (χ3n) is 4.26. The maximum absolute atomic E-state index is 12.5. The van der Waals surface area contributed by atoms with Gasteiger partial charge in [-0.15, -0.1) is 0 Å². The lowest BCUT2D eigenvalue weighted by Gasteiger charge is -2.18. The van der Waals surface area contributed by atoms with Crippen LogP contribution in [0.25, 0.3) is 5.65 Å². The first-order chi connectivity index (χ1) is 11.8. The van der Waals surface area contributed by atoms with Gasteiger partial charge in [-0.1, -0.05) is 51.1 Å². The molecule has 25 heavy (non-hydrogen) atoms. The highest BCUT2D eigenvalue weighted by molar-refractivity contribution is 5.94. The van der Waals surface area contributed by atoms with E-state index in [1.54, 1.807) is 0 Å². The number of carbonyl (C=O) groups is 1. The van der Waals surface area contributed by atoms with Gasteiger partial charge in [-0.3, -0.25) is 9.20 Å². The average molecular weight is 335 g/mol. The number of nitrogens with zero attached hydrogens (tertiary/aromatic N) is 2. The van der Waals surface area contributed by atoms with E-state index >= 15 is 0 Å². The van der Waals surface area contributed by atoms with Gasteiger partial charge in [-0.25, -0.2) is 4.98 Å². The Balaban J connectivity index is 1.95. The van der Waals surface area contributed by atoms with E-state index in [4.69, 9.17) is 4.98 Å². The summed E-state index contributed by atoms with van der Waals surface area (Å²) in [5.74, 6) is 0.779. The number of carbonyl (C=O) groups excluding carboxylic acids is 1. The second kappa shape index (κ2) is 6.71. The molecule has 3 aromatic rings. The molecule has 0 atom stereocenters. The maximum atomic E-state index is 12.5. The van der Waals surface area contributed by atoms with Crippen LogP contribution in [0.5, 0.6) is 0 Å². The molecule has 0 fully saturated rings. The van der Waals surface area contributed by atoms with E-state index in [9.17, 15) is 4.79 Å². The first-order valence-corrected chi connectivity index (χ1v) is 8.67. The van der Waals surface area contributed by atoms with Crippen molar-refractivity contribution in [3.8, 4) is 0 Å². The van der Waals surface area contributed by atoms with Gasteiger partial charge in [0.25, 0.3) is 0 Å². The van der Waals surface area contributed by atoms with E-state index in [1.807, 2.05) is 68.6 Å². The highest BCUT2D eigenvalue weighted by Crippen LogP contribution is 2.24. The van der Waals surface area contributed by atoms with Crippen molar-refractivity contribution in [3.05, 3.63) is 65.5 Å². The van der Waals surface area contributed by atoms with E-state index in [0.717, 1.165) is 35.6 Å². The zero-order valence-corrected chi connectivity index (χ0v) is 15.3. The summed E-state index contributed by atoms with van der Waals surface area (Å²) < 4.78 is 1.97. The number of pyridine rings is 1. The molecule has 2 aromatic heterocycles. The van der Waals surface area contributed by atoms with Crippen molar-refractivity contribution in [3.63, 3.8) is 0 Å². The lowest BCUT2D eigenvalue weighted by molar-refractivity contribution is -0.123. The Morgan fingerprint density at radius 3 is 2.52 bits per heavy atom. The fourth-order valence-electron chi connectivity index (χ4n) is 2.70. The number of hydrogen-bond donors (Lipinski definition) is 1. The summed E-state index contributed by atoms with van der Waals surface area (Å²) in [6, 6.07) is 14.4. The molecule has 130 valence electrons. The first kappa shape index (κ1) is 17.2. The number of aryl methyl sites for hydroxylation is 3. The number of benzene rings is 1. The Kier molecular flexibility index (Phi) is 4.62. The van der Waals surface area contributed by atoms with Gasteiger partial charge in [0, 0.05) is 11.6 Å². The normalized spacial score (nSPS) is 11.7. The number of imidazole rings is 1. The Hall–Kier alpha value is -2.62. The number of amides is 1. The van der Waals surface area contributed by atoms with E-state index in [-0.39, 0.29) is 5.91 Å². The van der Waals surface area contributed by atoms with E-state index < -0.39 is 5.41 Å². The number of hydrogen-bond acceptors (Lipinski definition) is 2. The van der Waals surface area contributed by atoms with Crippen molar-refractivity contribution in [2.45, 2.75) is 40.5 Å². The lowest BCUT2D eigenvalue weighted by Crippen LogP contribution is -2.28. The molecule has 1 N–H and O–H groups in total. The van der Waals surface area contributed by atoms with Crippen molar-refractivity contribution in [2.24, 2.45) is 5.41 Å². The van der Waals surface area contributed by atoms with Gasteiger partial charge >= 0.3 is 0 Å². The predicted molar refractivity (Wildman–Crippen MR) is 102 cm³/mol. The number of anilines is 1. The molecule has 0 spiro atoms. The minimum absolute atomic E-state index is 0.00386. The summed E-state index contributed by atoms with van der Waals surface area (Å²) in [5, 5.41) is 3.09. The third kappa shape index (κ3) is 3.90. The molecule has 4 nitrogen and oxygen atoms in total. The van der Waals surface area contributed by atoms with Crippen LogP contribution in [-0.4, -0.2) is 15.3 Å². The van der Waals surface area contributed by atoms with Crippen LogP contribution in [0.1, 0.15) is 37.6 Å². The Bertz CT molecular complexity index is 889. The van der Waals surface area contributed by atoms with Gasteiger partial charge in [0.1, 0.15) is 11.5 Å². The molecule has 0 saturated carbocycles. The minimum Gasteiger partial charge on any atom is -0.310 e. The summed E-state index contributed by atoms with van der Waals surface area (Å²) in [7, 11) is 0. The van der Waals surface area contributed by atoms with Crippen molar-refractivity contribution in [2.75, 3.05) is 5.32 Å². The molecule has 0 aliphatic heterocycles. The molecule has 0 unspecified atom stereocenters. The van der Waals surface area contributed by atoms with E-state index in [0.29, 0.717) is 0 Å². The molecule has 1 aromatic carbocycles. The Labute approximate surface area is 148 Å². The van der Waals surface area contributed by atoms with Crippen molar-refractivity contribution < 1.29 is 4.79 Å². The van der Waals surface area contributed by atoms with Crippen LogP contribution in [0.3, 0.4) is 0 Å². The molecule has 3 rings (SSSR count). The van der Waals surface area contributed by atoms with Crippen LogP contribution >= 0.6 is 0 Å². The molecule has 1 amide bonds. The third-order valence-corrected chi connectivity index (χ3v) is 4.26. The lowest BCUT2D eigenvalue weighted by atomic mass is 9.95.